The van der Waals surface area contributed by atoms with Crippen LogP contribution in [0, 0.1) is 0 Å². The molecule has 1 N–H and O–H groups in total. The Morgan fingerprint density at radius 2 is 2.11 bits per heavy atom. The minimum absolute atomic E-state index is 0.0145. The van der Waals surface area contributed by atoms with Crippen LogP contribution in [0.25, 0.3) is 0 Å². The summed E-state index contributed by atoms with van der Waals surface area (Å²) in [5.74, 6) is -0.340. The summed E-state index contributed by atoms with van der Waals surface area (Å²) in [4.78, 5) is 24.9. The molecule has 0 unspecified atom stereocenters. The van der Waals surface area contributed by atoms with Gasteiger partial charge in [-0.15, -0.1) is 0 Å². The van der Waals surface area contributed by atoms with Crippen molar-refractivity contribution < 1.29 is 14.3 Å². The fourth-order valence-electron chi connectivity index (χ4n) is 3.16. The number of ether oxygens (including phenoxy) is 1. The van der Waals surface area contributed by atoms with Gasteiger partial charge in [-0.1, -0.05) is 18.2 Å². The van der Waals surface area contributed by atoms with Crippen molar-refractivity contribution in [2.45, 2.75) is 32.0 Å². The highest BCUT2D eigenvalue weighted by atomic mass is 16.6. The minimum Gasteiger partial charge on any atom is -0.450 e. The summed E-state index contributed by atoms with van der Waals surface area (Å²) in [5.41, 5.74) is 1.15. The molecule has 0 saturated carbocycles. The zero-order chi connectivity index (χ0) is 13.6. The Hall–Kier alpha value is -2.04. The Morgan fingerprint density at radius 3 is 2.79 bits per heavy atom. The van der Waals surface area contributed by atoms with Gasteiger partial charge >= 0.3 is 5.97 Å². The summed E-state index contributed by atoms with van der Waals surface area (Å²) < 4.78 is 5.63. The third kappa shape index (κ3) is 1.61. The highest BCUT2D eigenvalue weighted by Crippen LogP contribution is 2.49. The molecule has 0 bridgehead atoms. The largest absolute Gasteiger partial charge is 0.450 e. The number of para-hydroxylation sites is 1. The molecule has 2 heterocycles. The van der Waals surface area contributed by atoms with E-state index in [4.69, 9.17) is 4.74 Å². The monoisotopic (exact) mass is 260 g/mol. The van der Waals surface area contributed by atoms with Crippen LogP contribution in [0.4, 0.5) is 5.69 Å². The number of carbonyl (C=O) groups is 2. The number of esters is 1. The quantitative estimate of drug-likeness (QED) is 0.776. The van der Waals surface area contributed by atoms with Crippen molar-refractivity contribution in [3.05, 3.63) is 29.8 Å². The van der Waals surface area contributed by atoms with Crippen LogP contribution in [-0.2, 0) is 19.9 Å². The van der Waals surface area contributed by atoms with Crippen LogP contribution >= 0.6 is 0 Å². The standard InChI is InChI=1S/C14H16N2O3/c1-9(17)16-8-7-14(19-10(2)18)11-5-3-4-6-12(11)15-13(14)16/h3-6,13,15H,7-8H2,1-2H3/t13-,14+/m1/s1. The van der Waals surface area contributed by atoms with Crippen LogP contribution in [0.5, 0.6) is 0 Å². The molecule has 5 nitrogen and oxygen atoms in total. The average Bonchev–Trinajstić information content (AvgIpc) is 2.82. The van der Waals surface area contributed by atoms with Crippen molar-refractivity contribution in [2.24, 2.45) is 0 Å². The van der Waals surface area contributed by atoms with Gasteiger partial charge in [0, 0.05) is 38.1 Å². The molecule has 0 spiro atoms. The van der Waals surface area contributed by atoms with E-state index < -0.39 is 5.60 Å². The van der Waals surface area contributed by atoms with E-state index in [1.54, 1.807) is 4.90 Å². The molecule has 2 aliphatic rings. The van der Waals surface area contributed by atoms with Crippen molar-refractivity contribution in [1.29, 1.82) is 0 Å². The summed E-state index contributed by atoms with van der Waals surface area (Å²) in [5, 5.41) is 3.30. The van der Waals surface area contributed by atoms with Gasteiger partial charge in [0.25, 0.3) is 0 Å². The van der Waals surface area contributed by atoms with E-state index in [-0.39, 0.29) is 18.0 Å². The van der Waals surface area contributed by atoms with Crippen LogP contribution in [-0.4, -0.2) is 29.5 Å². The molecule has 0 aromatic heterocycles. The lowest BCUT2D eigenvalue weighted by Gasteiger charge is -2.31. The number of carbonyl (C=O) groups excluding carboxylic acids is 2. The molecule has 1 saturated heterocycles. The highest BCUT2D eigenvalue weighted by Gasteiger charge is 2.57. The molecule has 0 radical (unpaired) electrons. The maximum Gasteiger partial charge on any atom is 0.303 e. The number of fused-ring (bicyclic) bond motifs is 3. The first-order valence-electron chi connectivity index (χ1n) is 6.37. The molecule has 5 heteroatoms. The van der Waals surface area contributed by atoms with Crippen LogP contribution in [0.15, 0.2) is 24.3 Å². The van der Waals surface area contributed by atoms with Crippen molar-refractivity contribution in [1.82, 2.24) is 4.90 Å². The highest BCUT2D eigenvalue weighted by molar-refractivity contribution is 5.77. The van der Waals surface area contributed by atoms with Crippen molar-refractivity contribution in [3.8, 4) is 0 Å². The first kappa shape index (κ1) is 12.0. The number of benzene rings is 1. The molecular formula is C14H16N2O3. The Balaban J connectivity index is 2.09. The smallest absolute Gasteiger partial charge is 0.303 e. The summed E-state index contributed by atoms with van der Waals surface area (Å²) in [6, 6.07) is 7.74. The maximum atomic E-state index is 11.7. The Bertz CT molecular complexity index is 557. The second-order valence-corrected chi connectivity index (χ2v) is 5.04. The molecular weight excluding hydrogens is 244 g/mol. The summed E-state index contributed by atoms with van der Waals surface area (Å²) in [6.07, 6.45) is 0.326. The van der Waals surface area contributed by atoms with E-state index in [0.29, 0.717) is 13.0 Å². The lowest BCUT2D eigenvalue weighted by Crippen LogP contribution is -2.47. The van der Waals surface area contributed by atoms with Gasteiger partial charge in [0.05, 0.1) is 0 Å². The maximum absolute atomic E-state index is 11.7. The molecule has 100 valence electrons. The number of nitrogens with zero attached hydrogens (tertiary/aromatic N) is 1. The Kier molecular flexibility index (Phi) is 2.52. The summed E-state index contributed by atoms with van der Waals surface area (Å²) >= 11 is 0. The number of nitrogens with one attached hydrogen (secondary N) is 1. The number of likely N-dealkylation sites (tertiary alicyclic amines) is 1. The van der Waals surface area contributed by atoms with E-state index in [9.17, 15) is 9.59 Å². The lowest BCUT2D eigenvalue weighted by molar-refractivity contribution is -0.160. The zero-order valence-corrected chi connectivity index (χ0v) is 11.0. The predicted octanol–water partition coefficient (Wildman–Crippen LogP) is 1.45. The molecule has 2 aliphatic heterocycles. The molecule has 1 aromatic rings. The first-order chi connectivity index (χ1) is 9.04. The van der Waals surface area contributed by atoms with E-state index in [1.165, 1.54) is 13.8 Å². The van der Waals surface area contributed by atoms with Crippen LogP contribution in [0.2, 0.25) is 0 Å². The number of hydrogen-bond donors (Lipinski definition) is 1. The zero-order valence-electron chi connectivity index (χ0n) is 11.0. The second-order valence-electron chi connectivity index (χ2n) is 5.04. The van der Waals surface area contributed by atoms with E-state index in [0.717, 1.165) is 11.3 Å². The summed E-state index contributed by atoms with van der Waals surface area (Å²) in [6.45, 7) is 3.53. The van der Waals surface area contributed by atoms with Gasteiger partial charge in [-0.2, -0.15) is 0 Å². The van der Waals surface area contributed by atoms with Gasteiger partial charge in [0.2, 0.25) is 5.91 Å². The number of amides is 1. The molecule has 1 fully saturated rings. The van der Waals surface area contributed by atoms with Gasteiger partial charge in [0.15, 0.2) is 5.60 Å². The number of hydrogen-bond acceptors (Lipinski definition) is 4. The predicted molar refractivity (Wildman–Crippen MR) is 69.3 cm³/mol. The molecule has 1 aromatic carbocycles. The van der Waals surface area contributed by atoms with Crippen LogP contribution < -0.4 is 5.32 Å². The van der Waals surface area contributed by atoms with Crippen LogP contribution in [0.3, 0.4) is 0 Å². The third-order valence-corrected chi connectivity index (χ3v) is 3.88. The van der Waals surface area contributed by atoms with Gasteiger partial charge in [-0.3, -0.25) is 9.59 Å². The van der Waals surface area contributed by atoms with E-state index in [2.05, 4.69) is 5.32 Å². The first-order valence-corrected chi connectivity index (χ1v) is 6.37. The Labute approximate surface area is 111 Å². The summed E-state index contributed by atoms with van der Waals surface area (Å²) in [7, 11) is 0. The molecule has 3 rings (SSSR count). The molecule has 1 amide bonds. The van der Waals surface area contributed by atoms with Crippen molar-refractivity contribution in [2.75, 3.05) is 11.9 Å². The third-order valence-electron chi connectivity index (χ3n) is 3.88. The van der Waals surface area contributed by atoms with E-state index in [1.807, 2.05) is 24.3 Å². The lowest BCUT2D eigenvalue weighted by atomic mass is 9.92. The normalized spacial score (nSPS) is 27.5. The van der Waals surface area contributed by atoms with Gasteiger partial charge in [0.1, 0.15) is 6.17 Å². The minimum atomic E-state index is -0.742. The van der Waals surface area contributed by atoms with Crippen molar-refractivity contribution >= 4 is 17.6 Å². The topological polar surface area (TPSA) is 58.6 Å². The van der Waals surface area contributed by atoms with Crippen LogP contribution in [0.1, 0.15) is 25.8 Å². The Morgan fingerprint density at radius 1 is 1.37 bits per heavy atom. The van der Waals surface area contributed by atoms with Gasteiger partial charge in [-0.05, 0) is 6.07 Å². The van der Waals surface area contributed by atoms with E-state index >= 15 is 0 Å². The SMILES string of the molecule is CC(=O)O[C@]12CCN(C(C)=O)[C@H]1Nc1ccccc12. The fourth-order valence-corrected chi connectivity index (χ4v) is 3.16. The average molecular weight is 260 g/mol. The molecule has 2 atom stereocenters. The second kappa shape index (κ2) is 3.98. The van der Waals surface area contributed by atoms with Gasteiger partial charge < -0.3 is 15.0 Å². The fraction of sp³-hybridized carbons (Fsp3) is 0.429. The molecule has 0 aliphatic carbocycles. The molecule has 19 heavy (non-hydrogen) atoms. The number of rotatable bonds is 1. The number of anilines is 1. The van der Waals surface area contributed by atoms with Crippen molar-refractivity contribution in [3.63, 3.8) is 0 Å². The van der Waals surface area contributed by atoms with Gasteiger partial charge in [-0.25, -0.2) is 0 Å².